The number of anilines is 1. The molecule has 0 N–H and O–H groups in total. The second-order valence-corrected chi connectivity index (χ2v) is 11.0. The molecule has 12 heteroatoms. The molecular weight excluding hydrogens is 495 g/mol. The van der Waals surface area contributed by atoms with Crippen molar-refractivity contribution in [2.45, 2.75) is 52.1 Å². The molecule has 1 aromatic carbocycles. The minimum Gasteiger partial charge on any atom is -0.354 e. The van der Waals surface area contributed by atoms with Gasteiger partial charge < -0.3 is 9.42 Å². The highest BCUT2D eigenvalue weighted by atomic mass is 32.2. The fourth-order valence-corrected chi connectivity index (χ4v) is 6.00. The van der Waals surface area contributed by atoms with E-state index >= 15 is 0 Å². The second kappa shape index (κ2) is 10.7. The Labute approximate surface area is 208 Å². The first kappa shape index (κ1) is 26.3. The van der Waals surface area contributed by atoms with E-state index in [0.717, 1.165) is 25.0 Å². The maximum Gasteiger partial charge on any atom is 0.416 e. The van der Waals surface area contributed by atoms with Gasteiger partial charge in [0.15, 0.2) is 0 Å². The summed E-state index contributed by atoms with van der Waals surface area (Å²) in [6.07, 6.45) is -1.12. The highest BCUT2D eigenvalue weighted by Gasteiger charge is 2.32. The van der Waals surface area contributed by atoms with Crippen molar-refractivity contribution in [2.24, 2.45) is 0 Å². The van der Waals surface area contributed by atoms with Crippen LogP contribution in [-0.4, -0.2) is 59.8 Å². The van der Waals surface area contributed by atoms with Gasteiger partial charge in [-0.1, -0.05) is 37.6 Å². The Morgan fingerprint density at radius 3 is 2.58 bits per heavy atom. The summed E-state index contributed by atoms with van der Waals surface area (Å²) in [4.78, 5) is 11.2. The smallest absolute Gasteiger partial charge is 0.354 e. The van der Waals surface area contributed by atoms with E-state index in [4.69, 9.17) is 9.51 Å². The van der Waals surface area contributed by atoms with Crippen LogP contribution in [0.25, 0.3) is 22.4 Å². The van der Waals surface area contributed by atoms with Crippen LogP contribution in [0.15, 0.2) is 28.8 Å². The fourth-order valence-electron chi connectivity index (χ4n) is 4.32. The molecule has 1 saturated heterocycles. The van der Waals surface area contributed by atoms with Gasteiger partial charge in [-0.15, -0.1) is 0 Å². The third kappa shape index (κ3) is 5.64. The van der Waals surface area contributed by atoms with Crippen molar-refractivity contribution in [1.29, 1.82) is 0 Å². The van der Waals surface area contributed by atoms with E-state index in [-0.39, 0.29) is 22.7 Å². The minimum atomic E-state index is -4.50. The first-order chi connectivity index (χ1) is 17.1. The number of hydrogen-bond donors (Lipinski definition) is 0. The number of aryl methyl sites for hydroxylation is 1. The molecule has 0 amide bonds. The van der Waals surface area contributed by atoms with Crippen molar-refractivity contribution in [1.82, 2.24) is 19.4 Å². The lowest BCUT2D eigenvalue weighted by Gasteiger charge is -2.23. The summed E-state index contributed by atoms with van der Waals surface area (Å²) in [7, 11) is -3.36. The van der Waals surface area contributed by atoms with E-state index in [1.165, 1.54) is 10.4 Å². The molecule has 8 nitrogen and oxygen atoms in total. The van der Waals surface area contributed by atoms with Crippen LogP contribution in [0.5, 0.6) is 0 Å². The summed E-state index contributed by atoms with van der Waals surface area (Å²) in [6, 6.07) is 4.91. The van der Waals surface area contributed by atoms with Gasteiger partial charge in [0, 0.05) is 38.2 Å². The number of sulfonamides is 1. The second-order valence-electron chi connectivity index (χ2n) is 8.91. The van der Waals surface area contributed by atoms with E-state index in [9.17, 15) is 21.6 Å². The van der Waals surface area contributed by atoms with Crippen molar-refractivity contribution in [3.8, 4) is 11.3 Å². The van der Waals surface area contributed by atoms with Gasteiger partial charge in [0.1, 0.15) is 22.7 Å². The maximum absolute atomic E-state index is 13.4. The lowest BCUT2D eigenvalue weighted by molar-refractivity contribution is -0.137. The topological polar surface area (TPSA) is 92.4 Å². The molecular formula is C24H30F3N5O3S. The number of alkyl halides is 3. The van der Waals surface area contributed by atoms with Crippen LogP contribution in [-0.2, 0) is 22.6 Å². The quantitative estimate of drug-likeness (QED) is 0.413. The number of unbranched alkanes of at least 4 members (excludes halogenated alkanes) is 1. The highest BCUT2D eigenvalue weighted by Crippen LogP contribution is 2.37. The molecule has 0 saturated carbocycles. The molecule has 3 aromatic rings. The first-order valence-electron chi connectivity index (χ1n) is 12.2. The molecule has 4 rings (SSSR count). The molecule has 0 atom stereocenters. The normalized spacial score (nSPS) is 16.0. The summed E-state index contributed by atoms with van der Waals surface area (Å²) >= 11 is 0. The van der Waals surface area contributed by atoms with Crippen molar-refractivity contribution < 1.29 is 26.1 Å². The van der Waals surface area contributed by atoms with Crippen LogP contribution in [0.4, 0.5) is 19.0 Å². The number of benzene rings is 1. The maximum atomic E-state index is 13.4. The van der Waals surface area contributed by atoms with Crippen LogP contribution in [0.2, 0.25) is 0 Å². The molecule has 0 radical (unpaired) electrons. The van der Waals surface area contributed by atoms with Crippen LogP contribution < -0.4 is 4.90 Å². The zero-order chi connectivity index (χ0) is 25.9. The Morgan fingerprint density at radius 2 is 1.86 bits per heavy atom. The van der Waals surface area contributed by atoms with Crippen molar-refractivity contribution >= 4 is 26.9 Å². The molecule has 1 aliphatic heterocycles. The monoisotopic (exact) mass is 525 g/mol. The average Bonchev–Trinajstić information content (AvgIpc) is 3.10. The molecule has 1 aliphatic rings. The lowest BCUT2D eigenvalue weighted by atomic mass is 10.1. The Morgan fingerprint density at radius 1 is 1.06 bits per heavy atom. The first-order valence-corrected chi connectivity index (χ1v) is 13.8. The van der Waals surface area contributed by atoms with Gasteiger partial charge >= 0.3 is 6.18 Å². The number of fused-ring (bicyclic) bond motifs is 1. The highest BCUT2D eigenvalue weighted by molar-refractivity contribution is 7.89. The summed E-state index contributed by atoms with van der Waals surface area (Å²) in [5, 5.41) is 4.51. The number of halogens is 3. The van der Waals surface area contributed by atoms with Crippen LogP contribution >= 0.6 is 0 Å². The molecule has 2 aromatic heterocycles. The predicted molar refractivity (Wildman–Crippen MR) is 131 cm³/mol. The zero-order valence-electron chi connectivity index (χ0n) is 20.4. The largest absolute Gasteiger partial charge is 0.416 e. The summed E-state index contributed by atoms with van der Waals surface area (Å²) in [5.41, 5.74) is -0.113. The summed E-state index contributed by atoms with van der Waals surface area (Å²) in [5.74, 6) is 1.17. The molecule has 0 unspecified atom stereocenters. The van der Waals surface area contributed by atoms with Gasteiger partial charge in [0.25, 0.3) is 5.71 Å². The van der Waals surface area contributed by atoms with Crippen LogP contribution in [0.1, 0.15) is 50.9 Å². The van der Waals surface area contributed by atoms with Gasteiger partial charge in [-0.25, -0.2) is 17.7 Å². The van der Waals surface area contributed by atoms with Crippen molar-refractivity contribution in [3.05, 3.63) is 35.7 Å². The van der Waals surface area contributed by atoms with E-state index in [1.54, 1.807) is 6.07 Å². The number of rotatable bonds is 8. The Hall–Kier alpha value is -2.73. The molecule has 1 fully saturated rings. The Balaban J connectivity index is 1.74. The van der Waals surface area contributed by atoms with Gasteiger partial charge in [0.05, 0.1) is 11.3 Å². The van der Waals surface area contributed by atoms with E-state index < -0.39 is 21.8 Å². The zero-order valence-corrected chi connectivity index (χ0v) is 21.2. The molecule has 0 spiro atoms. The van der Waals surface area contributed by atoms with Crippen LogP contribution in [0, 0.1) is 0 Å². The average molecular weight is 526 g/mol. The fraction of sp³-hybridized carbons (Fsp3) is 0.542. The third-order valence-corrected chi connectivity index (χ3v) is 8.16. The van der Waals surface area contributed by atoms with Crippen molar-refractivity contribution in [2.75, 3.05) is 36.8 Å². The summed E-state index contributed by atoms with van der Waals surface area (Å²) in [6.45, 7) is 5.57. The number of nitrogens with zero attached hydrogens (tertiary/aromatic N) is 5. The summed E-state index contributed by atoms with van der Waals surface area (Å²) < 4.78 is 72.6. The van der Waals surface area contributed by atoms with Crippen LogP contribution in [0.3, 0.4) is 0 Å². The van der Waals surface area contributed by atoms with Gasteiger partial charge in [0.2, 0.25) is 10.0 Å². The molecule has 36 heavy (non-hydrogen) atoms. The van der Waals surface area contributed by atoms with E-state index in [1.807, 2.05) is 18.7 Å². The van der Waals surface area contributed by atoms with Gasteiger partial charge in [-0.2, -0.15) is 18.2 Å². The Kier molecular flexibility index (Phi) is 7.84. The lowest BCUT2D eigenvalue weighted by Crippen LogP contribution is -2.36. The third-order valence-electron chi connectivity index (χ3n) is 6.20. The molecule has 3 heterocycles. The van der Waals surface area contributed by atoms with E-state index in [0.29, 0.717) is 62.5 Å². The number of hydrogen-bond acceptors (Lipinski definition) is 7. The van der Waals surface area contributed by atoms with E-state index in [2.05, 4.69) is 10.1 Å². The Bertz CT molecular complexity index is 1310. The molecule has 0 bridgehead atoms. The minimum absolute atomic E-state index is 0.118. The van der Waals surface area contributed by atoms with Gasteiger partial charge in [-0.3, -0.25) is 0 Å². The SMILES string of the molecule is CCCCS(=O)(=O)N1CCCN(c2nc(CCC)nc3onc(-c4cccc(C(F)(F)F)c4)c23)CC1. The van der Waals surface area contributed by atoms with Crippen molar-refractivity contribution in [3.63, 3.8) is 0 Å². The standard InChI is InChI=1S/C24H30F3N5O3S/c1-3-5-15-36(33,34)32-12-7-11-31(13-14-32)22-20-21(17-9-6-10-18(16-17)24(25,26)27)30-35-23(20)29-19(28-22)8-4-2/h6,9-10,16H,3-5,7-8,11-15H2,1-2H3. The van der Waals surface area contributed by atoms with Gasteiger partial charge in [-0.05, 0) is 31.4 Å². The predicted octanol–water partition coefficient (Wildman–Crippen LogP) is 4.90. The molecule has 0 aliphatic carbocycles. The number of aromatic nitrogens is 3. The molecule has 196 valence electrons.